The lowest BCUT2D eigenvalue weighted by Crippen LogP contribution is -2.30. The minimum Gasteiger partial charge on any atom is -0.462 e. The van der Waals surface area contributed by atoms with E-state index in [0.717, 1.165) is 77.0 Å². The van der Waals surface area contributed by atoms with Crippen molar-refractivity contribution in [3.8, 4) is 0 Å². The lowest BCUT2D eigenvalue weighted by Gasteiger charge is -2.18. The molecule has 0 aromatic carbocycles. The molecule has 0 rings (SSSR count). The van der Waals surface area contributed by atoms with Crippen LogP contribution in [0.1, 0.15) is 316 Å². The first-order valence-corrected chi connectivity index (χ1v) is 30.8. The third kappa shape index (κ3) is 58.2. The van der Waals surface area contributed by atoms with Crippen LogP contribution >= 0.6 is 0 Å². The van der Waals surface area contributed by atoms with Crippen LogP contribution in [0.5, 0.6) is 0 Å². The Labute approximate surface area is 436 Å². The van der Waals surface area contributed by atoms with Gasteiger partial charge in [-0.25, -0.2) is 0 Å². The molecule has 0 heterocycles. The van der Waals surface area contributed by atoms with Crippen molar-refractivity contribution in [3.63, 3.8) is 0 Å². The summed E-state index contributed by atoms with van der Waals surface area (Å²) in [5, 5.41) is 0. The molecule has 0 amide bonds. The van der Waals surface area contributed by atoms with Crippen LogP contribution in [0.15, 0.2) is 60.8 Å². The Balaban J connectivity index is 4.28. The van der Waals surface area contributed by atoms with E-state index in [1.165, 1.54) is 205 Å². The summed E-state index contributed by atoms with van der Waals surface area (Å²) in [5.74, 6) is -0.402. The van der Waals surface area contributed by atoms with Crippen molar-refractivity contribution in [2.24, 2.45) is 0 Å². The Bertz CT molecular complexity index is 1200. The van der Waals surface area contributed by atoms with E-state index in [-0.39, 0.29) is 25.2 Å². The van der Waals surface area contributed by atoms with Crippen LogP contribution in [0.25, 0.3) is 0 Å². The maximum absolute atomic E-state index is 12.9. The molecule has 0 fully saturated rings. The van der Waals surface area contributed by atoms with E-state index in [2.05, 4.69) is 81.5 Å². The van der Waals surface area contributed by atoms with Gasteiger partial charge in [-0.2, -0.15) is 0 Å². The van der Waals surface area contributed by atoms with Gasteiger partial charge in [0.2, 0.25) is 0 Å². The maximum atomic E-state index is 12.9. The highest BCUT2D eigenvalue weighted by Gasteiger charge is 2.17. The van der Waals surface area contributed by atoms with E-state index < -0.39 is 6.10 Å². The second-order valence-corrected chi connectivity index (χ2v) is 20.6. The molecule has 0 bridgehead atoms. The second-order valence-electron chi connectivity index (χ2n) is 20.6. The fourth-order valence-corrected chi connectivity index (χ4v) is 8.97. The van der Waals surface area contributed by atoms with Gasteiger partial charge in [0.05, 0.1) is 6.61 Å². The molecule has 0 aromatic heterocycles. The summed E-state index contributed by atoms with van der Waals surface area (Å²) in [7, 11) is 0. The monoisotopic (exact) mass is 979 g/mol. The van der Waals surface area contributed by atoms with Gasteiger partial charge in [-0.15, -0.1) is 0 Å². The normalized spacial score (nSPS) is 12.6. The van der Waals surface area contributed by atoms with E-state index in [0.29, 0.717) is 19.4 Å². The molecule has 0 radical (unpaired) electrons. The number of rotatable bonds is 57. The summed E-state index contributed by atoms with van der Waals surface area (Å²) in [4.78, 5) is 25.6. The summed E-state index contributed by atoms with van der Waals surface area (Å²) < 4.78 is 17.5. The number of carbonyl (C=O) groups excluding carboxylic acids is 2. The van der Waals surface area contributed by atoms with Gasteiger partial charge in [0.1, 0.15) is 6.61 Å². The number of hydrogen-bond donors (Lipinski definition) is 0. The van der Waals surface area contributed by atoms with Gasteiger partial charge in [-0.05, 0) is 83.5 Å². The van der Waals surface area contributed by atoms with Crippen molar-refractivity contribution in [3.05, 3.63) is 60.8 Å². The predicted molar refractivity (Wildman–Crippen MR) is 307 cm³/mol. The molecule has 0 aliphatic rings. The minimum atomic E-state index is -0.544. The number of hydrogen-bond acceptors (Lipinski definition) is 5. The van der Waals surface area contributed by atoms with E-state index in [9.17, 15) is 9.59 Å². The number of unbranched alkanes of at least 4 members (excludes halogenated alkanes) is 36. The molecular formula is C65H118O5. The molecule has 70 heavy (non-hydrogen) atoms. The lowest BCUT2D eigenvalue weighted by atomic mass is 10.0. The second kappa shape index (κ2) is 60.9. The Kier molecular flexibility index (Phi) is 58.8. The molecule has 0 aliphatic carbocycles. The van der Waals surface area contributed by atoms with Crippen molar-refractivity contribution in [2.45, 2.75) is 322 Å². The Morgan fingerprint density at radius 1 is 0.329 bits per heavy atom. The van der Waals surface area contributed by atoms with Gasteiger partial charge < -0.3 is 14.2 Å². The van der Waals surface area contributed by atoms with Crippen molar-refractivity contribution in [2.75, 3.05) is 19.8 Å². The van der Waals surface area contributed by atoms with Gasteiger partial charge in [0, 0.05) is 19.4 Å². The summed E-state index contributed by atoms with van der Waals surface area (Å²) in [6.45, 7) is 7.75. The van der Waals surface area contributed by atoms with Gasteiger partial charge in [-0.1, -0.05) is 281 Å². The number of esters is 2. The zero-order chi connectivity index (χ0) is 50.6. The molecular weight excluding hydrogens is 861 g/mol. The molecule has 5 heteroatoms. The zero-order valence-electron chi connectivity index (χ0n) is 47.0. The van der Waals surface area contributed by atoms with Crippen LogP contribution in [0.4, 0.5) is 0 Å². The molecule has 0 saturated carbocycles. The highest BCUT2D eigenvalue weighted by Crippen LogP contribution is 2.16. The first-order valence-electron chi connectivity index (χ1n) is 30.8. The van der Waals surface area contributed by atoms with E-state index in [1.807, 2.05) is 0 Å². The average molecular weight is 980 g/mol. The number of carbonyl (C=O) groups is 2. The molecule has 1 atom stereocenters. The third-order valence-corrected chi connectivity index (χ3v) is 13.5. The van der Waals surface area contributed by atoms with Crippen molar-refractivity contribution < 1.29 is 23.8 Å². The summed E-state index contributed by atoms with van der Waals surface area (Å²) in [6.07, 6.45) is 78.2. The van der Waals surface area contributed by atoms with Crippen LogP contribution in [0.3, 0.4) is 0 Å². The molecule has 0 aromatic rings. The van der Waals surface area contributed by atoms with Crippen LogP contribution in [-0.4, -0.2) is 37.9 Å². The Hall–Kier alpha value is -2.40. The van der Waals surface area contributed by atoms with Crippen molar-refractivity contribution >= 4 is 11.9 Å². The Morgan fingerprint density at radius 2 is 0.643 bits per heavy atom. The van der Waals surface area contributed by atoms with Gasteiger partial charge in [0.15, 0.2) is 6.10 Å². The van der Waals surface area contributed by atoms with E-state index in [1.54, 1.807) is 0 Å². The van der Waals surface area contributed by atoms with E-state index >= 15 is 0 Å². The maximum Gasteiger partial charge on any atom is 0.306 e. The third-order valence-electron chi connectivity index (χ3n) is 13.5. The van der Waals surface area contributed by atoms with Gasteiger partial charge >= 0.3 is 11.9 Å². The van der Waals surface area contributed by atoms with Crippen LogP contribution < -0.4 is 0 Å². The fraction of sp³-hybridized carbons (Fsp3) is 0.815. The molecule has 5 nitrogen and oxygen atoms in total. The number of allylic oxidation sites excluding steroid dienone is 10. The van der Waals surface area contributed by atoms with Crippen molar-refractivity contribution in [1.29, 1.82) is 0 Å². The lowest BCUT2D eigenvalue weighted by molar-refractivity contribution is -0.163. The molecule has 408 valence electrons. The molecule has 0 spiro atoms. The summed E-state index contributed by atoms with van der Waals surface area (Å²) >= 11 is 0. The first kappa shape index (κ1) is 67.6. The largest absolute Gasteiger partial charge is 0.462 e. The highest BCUT2D eigenvalue weighted by atomic mass is 16.6. The molecule has 0 saturated heterocycles. The minimum absolute atomic E-state index is 0.0786. The van der Waals surface area contributed by atoms with Crippen molar-refractivity contribution in [1.82, 2.24) is 0 Å². The zero-order valence-corrected chi connectivity index (χ0v) is 47.0. The SMILES string of the molecule is CC/C=C\C/C=C\C/C=C\C/C=C\CCCCCCCCC(=O)OCC(COCCCCCCCCCCCCCCCCCCCC)OC(=O)CCCCCCCCC/C=C\CCCCCCCC. The predicted octanol–water partition coefficient (Wildman–Crippen LogP) is 21.2. The van der Waals surface area contributed by atoms with Crippen LogP contribution in [-0.2, 0) is 23.8 Å². The molecule has 0 aliphatic heterocycles. The standard InChI is InChI=1S/C65H118O5/c1-4-7-10-13-16-19-22-25-28-31-33-35-37-40-43-46-49-52-55-58-64(66)69-62-63(61-68-60-57-54-51-48-45-42-39-36-32-29-26-23-20-17-14-11-8-5-2)70-65(67)59-56-53-50-47-44-41-38-34-30-27-24-21-18-15-12-9-6-3/h7,10,16,19,25,27-28,30,33,35,63H,4-6,8-9,11-15,17-18,20-24,26,29,31-32,34,36-62H2,1-3H3/b10-7-,19-16-,28-25-,30-27-,35-33-. The summed E-state index contributed by atoms with van der Waals surface area (Å²) in [5.41, 5.74) is 0. The summed E-state index contributed by atoms with van der Waals surface area (Å²) in [6, 6.07) is 0. The van der Waals surface area contributed by atoms with Crippen LogP contribution in [0.2, 0.25) is 0 Å². The van der Waals surface area contributed by atoms with Gasteiger partial charge in [0.25, 0.3) is 0 Å². The van der Waals surface area contributed by atoms with Crippen LogP contribution in [0, 0.1) is 0 Å². The van der Waals surface area contributed by atoms with E-state index in [4.69, 9.17) is 14.2 Å². The fourth-order valence-electron chi connectivity index (χ4n) is 8.97. The Morgan fingerprint density at radius 3 is 1.04 bits per heavy atom. The van der Waals surface area contributed by atoms with Gasteiger partial charge in [-0.3, -0.25) is 9.59 Å². The smallest absolute Gasteiger partial charge is 0.306 e. The quantitative estimate of drug-likeness (QED) is 0.0345. The molecule has 1 unspecified atom stereocenters. The topological polar surface area (TPSA) is 61.8 Å². The molecule has 0 N–H and O–H groups in total. The number of ether oxygens (including phenoxy) is 3. The first-order chi connectivity index (χ1) is 34.6. The average Bonchev–Trinajstić information content (AvgIpc) is 3.36. The highest BCUT2D eigenvalue weighted by molar-refractivity contribution is 5.70.